The molecule has 0 spiro atoms. The summed E-state index contributed by atoms with van der Waals surface area (Å²) in [6.45, 7) is 3.79. The van der Waals surface area contributed by atoms with Crippen molar-refractivity contribution in [3.05, 3.63) is 11.8 Å². The molecule has 1 aromatic heterocycles. The molecule has 1 heterocycles. The Morgan fingerprint density at radius 2 is 2.30 bits per heavy atom. The number of ether oxygens (including phenoxy) is 1. The number of aliphatic hydroxyl groups is 1. The number of nitrogens with one attached hydrogen (secondary N) is 1. The number of hydrogen-bond acceptors (Lipinski definition) is 5. The van der Waals surface area contributed by atoms with Gasteiger partial charge in [0.2, 0.25) is 0 Å². The van der Waals surface area contributed by atoms with E-state index in [1.165, 1.54) is 0 Å². The SMILES string of the molecule is Cc1cc(OCC(=O)NC2(CO)CCC(C)CC2)no1. The van der Waals surface area contributed by atoms with Crippen LogP contribution in [-0.4, -0.2) is 34.9 Å². The van der Waals surface area contributed by atoms with Crippen LogP contribution in [0.5, 0.6) is 5.88 Å². The summed E-state index contributed by atoms with van der Waals surface area (Å²) in [5.41, 5.74) is -0.493. The van der Waals surface area contributed by atoms with Gasteiger partial charge in [0.25, 0.3) is 11.8 Å². The molecule has 1 saturated carbocycles. The summed E-state index contributed by atoms with van der Waals surface area (Å²) in [6.07, 6.45) is 3.65. The molecule has 2 rings (SSSR count). The summed E-state index contributed by atoms with van der Waals surface area (Å²) in [7, 11) is 0. The van der Waals surface area contributed by atoms with Crippen molar-refractivity contribution in [3.8, 4) is 5.88 Å². The highest BCUT2D eigenvalue weighted by Crippen LogP contribution is 2.31. The van der Waals surface area contributed by atoms with Crippen molar-refractivity contribution in [3.63, 3.8) is 0 Å². The average Bonchev–Trinajstić information content (AvgIpc) is 2.85. The molecule has 112 valence electrons. The molecule has 1 aliphatic rings. The third-order valence-electron chi connectivity index (χ3n) is 3.90. The summed E-state index contributed by atoms with van der Waals surface area (Å²) >= 11 is 0. The van der Waals surface area contributed by atoms with Crippen LogP contribution >= 0.6 is 0 Å². The molecular weight excluding hydrogens is 260 g/mol. The first kappa shape index (κ1) is 14.8. The van der Waals surface area contributed by atoms with E-state index in [1.54, 1.807) is 13.0 Å². The van der Waals surface area contributed by atoms with Crippen molar-refractivity contribution in [2.24, 2.45) is 5.92 Å². The van der Waals surface area contributed by atoms with Gasteiger partial charge < -0.3 is 19.7 Å². The minimum Gasteiger partial charge on any atom is -0.465 e. The lowest BCUT2D eigenvalue weighted by molar-refractivity contribution is -0.126. The Balaban J connectivity index is 1.83. The van der Waals surface area contributed by atoms with E-state index in [9.17, 15) is 9.90 Å². The van der Waals surface area contributed by atoms with Gasteiger partial charge in [-0.05, 0) is 43.7 Å². The fourth-order valence-corrected chi connectivity index (χ4v) is 2.52. The van der Waals surface area contributed by atoms with E-state index in [0.29, 0.717) is 17.6 Å². The van der Waals surface area contributed by atoms with Crippen LogP contribution in [0.15, 0.2) is 10.6 Å². The van der Waals surface area contributed by atoms with E-state index in [-0.39, 0.29) is 19.1 Å². The molecule has 1 fully saturated rings. The Morgan fingerprint density at radius 3 is 2.85 bits per heavy atom. The average molecular weight is 282 g/mol. The van der Waals surface area contributed by atoms with Crippen molar-refractivity contribution in [1.29, 1.82) is 0 Å². The standard InChI is InChI=1S/C14H22N2O4/c1-10-3-5-14(9-17,6-4-10)15-12(18)8-19-13-7-11(2)20-16-13/h7,10,17H,3-6,8-9H2,1-2H3,(H,15,18). The van der Waals surface area contributed by atoms with E-state index in [1.807, 2.05) is 0 Å². The number of rotatable bonds is 5. The molecular formula is C14H22N2O4. The van der Waals surface area contributed by atoms with Gasteiger partial charge in [-0.3, -0.25) is 4.79 Å². The lowest BCUT2D eigenvalue weighted by Crippen LogP contribution is -2.54. The van der Waals surface area contributed by atoms with Crippen LogP contribution in [0.4, 0.5) is 0 Å². The monoisotopic (exact) mass is 282 g/mol. The van der Waals surface area contributed by atoms with E-state index < -0.39 is 5.54 Å². The van der Waals surface area contributed by atoms with Gasteiger partial charge in [0, 0.05) is 6.07 Å². The molecule has 1 amide bonds. The number of nitrogens with zero attached hydrogens (tertiary/aromatic N) is 1. The van der Waals surface area contributed by atoms with Gasteiger partial charge in [0.1, 0.15) is 5.76 Å². The number of aryl methyl sites for hydroxylation is 1. The van der Waals surface area contributed by atoms with Crippen LogP contribution in [0.1, 0.15) is 38.4 Å². The topological polar surface area (TPSA) is 84.6 Å². The Bertz CT molecular complexity index is 450. The van der Waals surface area contributed by atoms with Gasteiger partial charge in [0.05, 0.1) is 12.1 Å². The fourth-order valence-electron chi connectivity index (χ4n) is 2.52. The van der Waals surface area contributed by atoms with E-state index in [2.05, 4.69) is 17.4 Å². The van der Waals surface area contributed by atoms with Crippen LogP contribution in [0.25, 0.3) is 0 Å². The third-order valence-corrected chi connectivity index (χ3v) is 3.90. The molecule has 0 unspecified atom stereocenters. The van der Waals surface area contributed by atoms with E-state index >= 15 is 0 Å². The Labute approximate surface area is 118 Å². The maximum atomic E-state index is 11.9. The predicted molar refractivity (Wildman–Crippen MR) is 72.3 cm³/mol. The van der Waals surface area contributed by atoms with Crippen molar-refractivity contribution in [2.75, 3.05) is 13.2 Å². The molecule has 1 aromatic rings. The molecule has 0 aliphatic heterocycles. The molecule has 20 heavy (non-hydrogen) atoms. The summed E-state index contributed by atoms with van der Waals surface area (Å²) in [5.74, 6) is 1.34. The van der Waals surface area contributed by atoms with E-state index in [0.717, 1.165) is 25.7 Å². The first-order chi connectivity index (χ1) is 9.53. The van der Waals surface area contributed by atoms with Crippen LogP contribution in [-0.2, 0) is 4.79 Å². The van der Waals surface area contributed by atoms with Crippen LogP contribution in [0.2, 0.25) is 0 Å². The van der Waals surface area contributed by atoms with Crippen LogP contribution in [0, 0.1) is 12.8 Å². The highest BCUT2D eigenvalue weighted by atomic mass is 16.5. The number of hydrogen-bond donors (Lipinski definition) is 2. The largest absolute Gasteiger partial charge is 0.465 e. The van der Waals surface area contributed by atoms with Crippen LogP contribution in [0.3, 0.4) is 0 Å². The van der Waals surface area contributed by atoms with Gasteiger partial charge in [-0.1, -0.05) is 6.92 Å². The second-order valence-corrected chi connectivity index (χ2v) is 5.73. The zero-order valence-corrected chi connectivity index (χ0v) is 12.0. The molecule has 0 radical (unpaired) electrons. The third kappa shape index (κ3) is 3.72. The lowest BCUT2D eigenvalue weighted by atomic mass is 9.77. The van der Waals surface area contributed by atoms with Crippen molar-refractivity contribution < 1.29 is 19.2 Å². The maximum absolute atomic E-state index is 11.9. The van der Waals surface area contributed by atoms with Gasteiger partial charge in [-0.2, -0.15) is 0 Å². The second kappa shape index (κ2) is 6.26. The number of carbonyl (C=O) groups is 1. The minimum absolute atomic E-state index is 0.0332. The summed E-state index contributed by atoms with van der Waals surface area (Å²) < 4.78 is 10.1. The number of carbonyl (C=O) groups excluding carboxylic acids is 1. The summed E-state index contributed by atoms with van der Waals surface area (Å²) in [4.78, 5) is 11.9. The molecule has 1 aliphatic carbocycles. The summed E-state index contributed by atoms with van der Waals surface area (Å²) in [6, 6.07) is 1.62. The van der Waals surface area contributed by atoms with E-state index in [4.69, 9.17) is 9.26 Å². The van der Waals surface area contributed by atoms with Crippen LogP contribution < -0.4 is 10.1 Å². The number of amides is 1. The van der Waals surface area contributed by atoms with Gasteiger partial charge in [-0.15, -0.1) is 0 Å². The van der Waals surface area contributed by atoms with Crippen molar-refractivity contribution in [2.45, 2.75) is 45.1 Å². The number of aliphatic hydroxyl groups excluding tert-OH is 1. The molecule has 6 heteroatoms. The lowest BCUT2D eigenvalue weighted by Gasteiger charge is -2.38. The van der Waals surface area contributed by atoms with Crippen molar-refractivity contribution >= 4 is 5.91 Å². The molecule has 0 saturated heterocycles. The first-order valence-electron chi connectivity index (χ1n) is 7.01. The number of aromatic nitrogens is 1. The molecule has 2 N–H and O–H groups in total. The Morgan fingerprint density at radius 1 is 1.60 bits per heavy atom. The summed E-state index contributed by atoms with van der Waals surface area (Å²) in [5, 5.41) is 16.1. The quantitative estimate of drug-likeness (QED) is 0.853. The maximum Gasteiger partial charge on any atom is 0.258 e. The first-order valence-corrected chi connectivity index (χ1v) is 7.01. The minimum atomic E-state index is -0.493. The predicted octanol–water partition coefficient (Wildman–Crippen LogP) is 1.42. The highest BCUT2D eigenvalue weighted by molar-refractivity contribution is 5.78. The highest BCUT2D eigenvalue weighted by Gasteiger charge is 2.35. The molecule has 0 atom stereocenters. The van der Waals surface area contributed by atoms with Gasteiger partial charge >= 0.3 is 0 Å². The van der Waals surface area contributed by atoms with Crippen molar-refractivity contribution in [1.82, 2.24) is 10.5 Å². The Hall–Kier alpha value is -1.56. The Kier molecular flexibility index (Phi) is 4.65. The van der Waals surface area contributed by atoms with Gasteiger partial charge in [0.15, 0.2) is 6.61 Å². The second-order valence-electron chi connectivity index (χ2n) is 5.73. The van der Waals surface area contributed by atoms with Gasteiger partial charge in [-0.25, -0.2) is 0 Å². The normalized spacial score (nSPS) is 26.2. The molecule has 6 nitrogen and oxygen atoms in total. The zero-order chi connectivity index (χ0) is 14.6. The molecule has 0 aromatic carbocycles. The zero-order valence-electron chi connectivity index (χ0n) is 12.0. The molecule has 0 bridgehead atoms. The smallest absolute Gasteiger partial charge is 0.258 e. The fraction of sp³-hybridized carbons (Fsp3) is 0.714.